The Kier molecular flexibility index (Phi) is 13.6. The van der Waals surface area contributed by atoms with Gasteiger partial charge in [-0.2, -0.15) is 0 Å². The summed E-state index contributed by atoms with van der Waals surface area (Å²) >= 11 is -1.89. The summed E-state index contributed by atoms with van der Waals surface area (Å²) < 4.78 is 2.08. The Hall–Kier alpha value is 0.385. The first-order valence-corrected chi connectivity index (χ1v) is 21.8. The van der Waals surface area contributed by atoms with Crippen molar-refractivity contribution in [1.29, 1.82) is 0 Å². The third-order valence-corrected chi connectivity index (χ3v) is 21.4. The monoisotopic (exact) mass is 587 g/mol. The molecule has 0 saturated carbocycles. The van der Waals surface area contributed by atoms with E-state index < -0.39 is 24.1 Å². The maximum absolute atomic E-state index is 2.59. The van der Waals surface area contributed by atoms with E-state index in [1.807, 2.05) is 5.20 Å². The van der Waals surface area contributed by atoms with Gasteiger partial charge in [-0.05, 0) is 0 Å². The Morgan fingerprint density at radius 3 is 1.46 bits per heavy atom. The Bertz CT molecular complexity index is 438. The molecule has 0 radical (unpaired) electrons. The Balaban J connectivity index is 3.08. The fourth-order valence-corrected chi connectivity index (χ4v) is 22.3. The van der Waals surface area contributed by atoms with Crippen molar-refractivity contribution in [3.8, 4) is 0 Å². The van der Waals surface area contributed by atoms with Gasteiger partial charge in [0, 0.05) is 0 Å². The SMILES string of the molecule is CCCCC[CH2][Pt]([CH2]CCCCC)([CH2]CCCCC)[C]1=C([Si](C)(C)C)C=CC1. The van der Waals surface area contributed by atoms with Gasteiger partial charge in [0.05, 0.1) is 0 Å². The van der Waals surface area contributed by atoms with E-state index in [1.54, 1.807) is 14.4 Å². The Labute approximate surface area is 183 Å². The van der Waals surface area contributed by atoms with E-state index in [-0.39, 0.29) is 0 Å². The van der Waals surface area contributed by atoms with Crippen LogP contribution in [0.3, 0.4) is 0 Å². The Morgan fingerprint density at radius 2 is 1.11 bits per heavy atom. The number of allylic oxidation sites excluding steroid dienone is 4. The van der Waals surface area contributed by atoms with E-state index in [0.717, 1.165) is 0 Å². The standard InChI is InChI=1S/C8H13Si.3C6H13.Pt/c1-9(2,3)8-6-4-5-7-8;3*1-3-5-6-4-2;/h4,6H,5H2,1-3H3;3*1,3-6H2,2H3;. The molecule has 0 bridgehead atoms. The molecular weight excluding hydrogens is 535 g/mol. The fraction of sp³-hybridized carbons (Fsp3) is 0.846. The zero-order valence-electron chi connectivity index (χ0n) is 20.3. The van der Waals surface area contributed by atoms with Gasteiger partial charge in [-0.1, -0.05) is 0 Å². The number of hydrogen-bond acceptors (Lipinski definition) is 0. The Morgan fingerprint density at radius 1 is 0.679 bits per heavy atom. The minimum absolute atomic E-state index is 1.22. The molecule has 1 aliphatic carbocycles. The van der Waals surface area contributed by atoms with Gasteiger partial charge in [-0.3, -0.25) is 0 Å². The number of hydrogen-bond donors (Lipinski definition) is 0. The molecule has 1 aliphatic rings. The molecular formula is C26H52PtSi. The summed E-state index contributed by atoms with van der Waals surface area (Å²) in [4.78, 5) is 4.91. The molecule has 1 rings (SSSR count). The van der Waals surface area contributed by atoms with Crippen molar-refractivity contribution in [3.05, 3.63) is 21.3 Å². The number of unbranched alkanes of at least 4 members (excludes halogenated alkanes) is 9. The zero-order chi connectivity index (χ0) is 20.9. The van der Waals surface area contributed by atoms with Crippen LogP contribution < -0.4 is 0 Å². The molecule has 170 valence electrons. The van der Waals surface area contributed by atoms with Crippen molar-refractivity contribution in [1.82, 2.24) is 0 Å². The van der Waals surface area contributed by atoms with Gasteiger partial charge in [0.25, 0.3) is 0 Å². The van der Waals surface area contributed by atoms with Crippen LogP contribution in [0.15, 0.2) is 21.3 Å². The van der Waals surface area contributed by atoms with Gasteiger partial charge in [0.2, 0.25) is 0 Å². The van der Waals surface area contributed by atoms with E-state index in [1.165, 1.54) is 83.5 Å². The summed E-state index contributed by atoms with van der Waals surface area (Å²) in [6, 6.07) is 0. The van der Waals surface area contributed by atoms with Crippen LogP contribution in [0.4, 0.5) is 0 Å². The normalized spacial score (nSPS) is 15.6. The van der Waals surface area contributed by atoms with Gasteiger partial charge < -0.3 is 0 Å². The van der Waals surface area contributed by atoms with Gasteiger partial charge >= 0.3 is 184 Å². The summed E-state index contributed by atoms with van der Waals surface area (Å²) in [5.74, 6) is 0. The van der Waals surface area contributed by atoms with Crippen molar-refractivity contribution in [2.45, 2.75) is 138 Å². The third kappa shape index (κ3) is 9.03. The molecule has 0 aromatic carbocycles. The average molecular weight is 588 g/mol. The second kappa shape index (κ2) is 14.4. The van der Waals surface area contributed by atoms with Crippen LogP contribution in [0.5, 0.6) is 0 Å². The molecule has 0 fully saturated rings. The van der Waals surface area contributed by atoms with Crippen molar-refractivity contribution >= 4 is 8.07 Å². The van der Waals surface area contributed by atoms with E-state index in [4.69, 9.17) is 0 Å². The second-order valence-corrected chi connectivity index (χ2v) is 25.2. The van der Waals surface area contributed by atoms with Crippen LogP contribution in [0.25, 0.3) is 0 Å². The number of rotatable bonds is 17. The predicted molar refractivity (Wildman–Crippen MR) is 131 cm³/mol. The van der Waals surface area contributed by atoms with Crippen molar-refractivity contribution < 1.29 is 16.1 Å². The summed E-state index contributed by atoms with van der Waals surface area (Å²) in [6.07, 6.45) is 23.9. The van der Waals surface area contributed by atoms with Crippen LogP contribution in [0, 0.1) is 0 Å². The molecule has 0 heterocycles. The van der Waals surface area contributed by atoms with Crippen LogP contribution in [0.1, 0.15) is 104 Å². The molecule has 0 amide bonds. The first-order valence-electron chi connectivity index (χ1n) is 12.3. The summed E-state index contributed by atoms with van der Waals surface area (Å²) in [6.45, 7) is 14.8. The molecule has 0 atom stereocenters. The van der Waals surface area contributed by atoms with Gasteiger partial charge in [-0.25, -0.2) is 0 Å². The van der Waals surface area contributed by atoms with Crippen molar-refractivity contribution in [2.75, 3.05) is 0 Å². The summed E-state index contributed by atoms with van der Waals surface area (Å²) in [7, 11) is -1.22. The van der Waals surface area contributed by atoms with E-state index in [9.17, 15) is 0 Å². The van der Waals surface area contributed by atoms with Crippen molar-refractivity contribution in [3.63, 3.8) is 0 Å². The predicted octanol–water partition coefficient (Wildman–Crippen LogP) is 10.2. The quantitative estimate of drug-likeness (QED) is 0.117. The maximum atomic E-state index is 2.59. The first kappa shape index (κ1) is 26.4. The summed E-state index contributed by atoms with van der Waals surface area (Å²) in [5.41, 5.74) is 0. The van der Waals surface area contributed by atoms with Gasteiger partial charge in [0.15, 0.2) is 0 Å². The fourth-order valence-electron chi connectivity index (χ4n) is 4.10. The molecule has 2 heteroatoms. The molecule has 0 aromatic rings. The minimum atomic E-state index is -1.89. The third-order valence-electron chi connectivity index (χ3n) is 5.86. The van der Waals surface area contributed by atoms with E-state index >= 15 is 0 Å². The molecule has 28 heavy (non-hydrogen) atoms. The molecule has 0 saturated heterocycles. The van der Waals surface area contributed by atoms with Gasteiger partial charge in [0.1, 0.15) is 0 Å². The first-order chi connectivity index (χ1) is 13.4. The molecule has 0 aromatic heterocycles. The van der Waals surface area contributed by atoms with Crippen LogP contribution in [-0.2, 0) is 16.1 Å². The zero-order valence-corrected chi connectivity index (χ0v) is 23.6. The van der Waals surface area contributed by atoms with Crippen LogP contribution in [0.2, 0.25) is 34.1 Å². The van der Waals surface area contributed by atoms with Gasteiger partial charge in [-0.15, -0.1) is 0 Å². The van der Waals surface area contributed by atoms with Crippen molar-refractivity contribution in [2.24, 2.45) is 0 Å². The average Bonchev–Trinajstić information content (AvgIpc) is 3.16. The molecule has 0 unspecified atom stereocenters. The van der Waals surface area contributed by atoms with Crippen LogP contribution >= 0.6 is 0 Å². The second-order valence-electron chi connectivity index (χ2n) is 9.60. The molecule has 0 nitrogen and oxygen atoms in total. The molecule has 0 aliphatic heterocycles. The van der Waals surface area contributed by atoms with E-state index in [0.29, 0.717) is 0 Å². The van der Waals surface area contributed by atoms with Crippen LogP contribution in [-0.4, -0.2) is 8.07 Å². The topological polar surface area (TPSA) is 0 Å². The molecule has 0 N–H and O–H groups in total. The molecule has 0 spiro atoms. The van der Waals surface area contributed by atoms with E-state index in [2.05, 4.69) is 56.5 Å². The summed E-state index contributed by atoms with van der Waals surface area (Å²) in [5, 5.41) is 1.89.